The Kier molecular flexibility index (Phi) is 8.65. The molecular formula is C41H33BrClIN4O6S. The Morgan fingerprint density at radius 1 is 1.00 bits per heavy atom. The number of halogens is 3. The van der Waals surface area contributed by atoms with Gasteiger partial charge < -0.3 is 9.84 Å². The number of allylic oxidation sites excluding steroid dienone is 2. The number of anilines is 2. The van der Waals surface area contributed by atoms with Crippen molar-refractivity contribution in [3.63, 3.8) is 0 Å². The topological polar surface area (TPSA) is 122 Å². The molecule has 2 aliphatic carbocycles. The molecule has 6 atom stereocenters. The van der Waals surface area contributed by atoms with Crippen molar-refractivity contribution < 1.29 is 29.0 Å². The van der Waals surface area contributed by atoms with Gasteiger partial charge >= 0.3 is 0 Å². The summed E-state index contributed by atoms with van der Waals surface area (Å²) in [7, 11) is 3.16. The van der Waals surface area contributed by atoms with Gasteiger partial charge in [0.2, 0.25) is 23.6 Å². The molecule has 5 aromatic rings. The lowest BCUT2D eigenvalue weighted by molar-refractivity contribution is -0.131. The minimum absolute atomic E-state index is 0.157. The van der Waals surface area contributed by atoms with Crippen molar-refractivity contribution >= 4 is 107 Å². The Balaban J connectivity index is 1.18. The van der Waals surface area contributed by atoms with Crippen LogP contribution < -0.4 is 14.5 Å². The lowest BCUT2D eigenvalue weighted by Gasteiger charge is -2.49. The second-order valence-corrected chi connectivity index (χ2v) is 18.6. The number of methoxy groups -OCH3 is 1. The van der Waals surface area contributed by atoms with E-state index < -0.39 is 46.8 Å². The van der Waals surface area contributed by atoms with Crippen molar-refractivity contribution in [3.05, 3.63) is 96.5 Å². The van der Waals surface area contributed by atoms with Crippen LogP contribution in [0.2, 0.25) is 5.02 Å². The number of aromatic nitrogens is 2. The van der Waals surface area contributed by atoms with Crippen LogP contribution in [0.4, 0.5) is 11.5 Å². The van der Waals surface area contributed by atoms with E-state index in [0.717, 1.165) is 29.7 Å². The molecular weight excluding hydrogens is 919 g/mol. The molecule has 4 aliphatic rings. The molecule has 2 saturated heterocycles. The summed E-state index contributed by atoms with van der Waals surface area (Å²) < 4.78 is 9.73. The van der Waals surface area contributed by atoms with Crippen LogP contribution in [0, 0.1) is 39.6 Å². The monoisotopic (exact) mass is 950 g/mol. The lowest BCUT2D eigenvalue weighted by Crippen LogP contribution is -2.49. The van der Waals surface area contributed by atoms with E-state index >= 15 is 4.79 Å². The molecule has 4 heterocycles. The molecule has 2 aromatic heterocycles. The number of carbonyl (C=O) groups excluding carboxylic acids is 4. The summed E-state index contributed by atoms with van der Waals surface area (Å²) >= 11 is 13.6. The molecule has 3 aromatic carbocycles. The molecule has 1 saturated carbocycles. The average Bonchev–Trinajstić information content (AvgIpc) is 3.83. The highest BCUT2D eigenvalue weighted by Gasteiger charge is 2.68. The van der Waals surface area contributed by atoms with Gasteiger partial charge in [-0.05, 0) is 121 Å². The summed E-state index contributed by atoms with van der Waals surface area (Å²) in [5.41, 5.74) is 1.88. The Morgan fingerprint density at radius 2 is 1.75 bits per heavy atom. The van der Waals surface area contributed by atoms with Gasteiger partial charge in [-0.1, -0.05) is 39.2 Å². The highest BCUT2D eigenvalue weighted by molar-refractivity contribution is 14.1. The van der Waals surface area contributed by atoms with Gasteiger partial charge in [0.15, 0.2) is 11.5 Å². The predicted octanol–water partition coefficient (Wildman–Crippen LogP) is 8.78. The summed E-state index contributed by atoms with van der Waals surface area (Å²) in [6.45, 7) is 3.79. The minimum atomic E-state index is -1.38. The van der Waals surface area contributed by atoms with Gasteiger partial charge in [-0.3, -0.25) is 28.8 Å². The van der Waals surface area contributed by atoms with E-state index in [1.165, 1.54) is 16.9 Å². The lowest BCUT2D eigenvalue weighted by atomic mass is 9.51. The number of rotatable bonds is 5. The van der Waals surface area contributed by atoms with Crippen LogP contribution >= 0.6 is 61.5 Å². The largest absolute Gasteiger partial charge is 0.504 e. The third-order valence-corrected chi connectivity index (χ3v) is 14.9. The van der Waals surface area contributed by atoms with E-state index in [2.05, 4.69) is 38.5 Å². The number of ether oxygens (including phenoxy) is 1. The zero-order chi connectivity index (χ0) is 38.8. The molecule has 0 spiro atoms. The first-order valence-electron chi connectivity index (χ1n) is 17.8. The molecule has 1 N–H and O–H groups in total. The Morgan fingerprint density at radius 3 is 2.47 bits per heavy atom. The van der Waals surface area contributed by atoms with Gasteiger partial charge in [0, 0.05) is 42.4 Å². The average molecular weight is 952 g/mol. The summed E-state index contributed by atoms with van der Waals surface area (Å²) in [4.78, 5) is 62.0. The van der Waals surface area contributed by atoms with Gasteiger partial charge in [0.25, 0.3) is 0 Å². The molecule has 280 valence electrons. The summed E-state index contributed by atoms with van der Waals surface area (Å²) in [6.07, 6.45) is 2.42. The maximum absolute atomic E-state index is 15.2. The highest BCUT2D eigenvalue weighted by Crippen LogP contribution is 2.65. The molecule has 55 heavy (non-hydrogen) atoms. The van der Waals surface area contributed by atoms with E-state index in [1.807, 2.05) is 43.3 Å². The number of thiophene rings is 1. The molecule has 14 heteroatoms. The first-order valence-corrected chi connectivity index (χ1v) is 20.8. The van der Waals surface area contributed by atoms with Crippen molar-refractivity contribution in [2.45, 2.75) is 32.6 Å². The minimum Gasteiger partial charge on any atom is -0.504 e. The Bertz CT molecular complexity index is 2570. The number of fused-ring (bicyclic) bond motifs is 5. The number of hydrogen-bond donors (Lipinski definition) is 1. The fourth-order valence-corrected chi connectivity index (χ4v) is 11.7. The number of phenolic OH excluding ortho intramolecular Hbond substituents is 1. The Hall–Kier alpha value is -4.05. The number of imide groups is 2. The van der Waals surface area contributed by atoms with Crippen molar-refractivity contribution in [3.8, 4) is 22.1 Å². The predicted molar refractivity (Wildman–Crippen MR) is 222 cm³/mol. The van der Waals surface area contributed by atoms with E-state index in [1.54, 1.807) is 60.3 Å². The van der Waals surface area contributed by atoms with Crippen molar-refractivity contribution in [2.24, 2.45) is 36.1 Å². The van der Waals surface area contributed by atoms with Gasteiger partial charge in [0.05, 0.1) is 40.8 Å². The Labute approximate surface area is 347 Å². The van der Waals surface area contributed by atoms with Crippen LogP contribution in [-0.2, 0) is 26.2 Å². The van der Waals surface area contributed by atoms with E-state index in [4.69, 9.17) is 21.4 Å². The smallest absolute Gasteiger partial charge is 0.242 e. The quantitative estimate of drug-likeness (QED) is 0.106. The normalized spacial score (nSPS) is 26.1. The van der Waals surface area contributed by atoms with Crippen LogP contribution in [0.3, 0.4) is 0 Å². The summed E-state index contributed by atoms with van der Waals surface area (Å²) in [5, 5.41) is 18.2. The SMILES string of the molecule is COc1cc(Br)cc(C2C3=CCC4C(=O)N(c5ccc(I)cc5)C(=O)C4C3CC3C(=O)N(c4cc(-c5sc6ccc(Cl)cc6c5C)nn4C)C(=O)C32C)c1O. The summed E-state index contributed by atoms with van der Waals surface area (Å²) in [6, 6.07) is 18.1. The van der Waals surface area contributed by atoms with Crippen LogP contribution in [0.1, 0.15) is 36.8 Å². The van der Waals surface area contributed by atoms with Gasteiger partial charge in [0.1, 0.15) is 11.5 Å². The van der Waals surface area contributed by atoms with Gasteiger partial charge in [-0.25, -0.2) is 4.90 Å². The summed E-state index contributed by atoms with van der Waals surface area (Å²) in [5.74, 6) is -4.75. The maximum atomic E-state index is 15.2. The molecule has 3 fully saturated rings. The second-order valence-electron chi connectivity index (χ2n) is 14.9. The molecule has 9 rings (SSSR count). The number of aromatic hydroxyl groups is 1. The van der Waals surface area contributed by atoms with E-state index in [9.17, 15) is 19.5 Å². The number of phenols is 1. The number of carbonyl (C=O) groups is 4. The number of nitrogens with zero attached hydrogens (tertiary/aromatic N) is 4. The molecule has 0 bridgehead atoms. The van der Waals surface area contributed by atoms with Crippen LogP contribution in [0.5, 0.6) is 11.5 Å². The van der Waals surface area contributed by atoms with Crippen LogP contribution in [0.25, 0.3) is 20.7 Å². The first kappa shape index (κ1) is 36.6. The third kappa shape index (κ3) is 5.25. The number of benzene rings is 3. The van der Waals surface area contributed by atoms with Crippen LogP contribution in [0.15, 0.2) is 76.8 Å². The molecule has 10 nitrogen and oxygen atoms in total. The zero-order valence-electron chi connectivity index (χ0n) is 30.0. The van der Waals surface area contributed by atoms with Crippen molar-refractivity contribution in [1.29, 1.82) is 0 Å². The molecule has 2 aliphatic heterocycles. The number of hydrogen-bond acceptors (Lipinski definition) is 8. The van der Waals surface area contributed by atoms with Gasteiger partial charge in [-0.15, -0.1) is 11.3 Å². The molecule has 6 unspecified atom stereocenters. The standard InChI is InChI=1S/C41H33BrClIN4O6S/c1-18-25-15-20(43)5-12-31(25)55-36(18)29-17-32(46(3)45-29)48-38(51)28-16-26-23(34(41(28,2)40(48)53)27-13-19(42)14-30(54-4)35(27)49)10-11-24-33(26)39(52)47(37(24)50)22-8-6-21(44)7-9-22/h5-10,12-15,17,24,26,28,33-34,49H,11,16H2,1-4H3. The zero-order valence-corrected chi connectivity index (χ0v) is 35.3. The first-order chi connectivity index (χ1) is 26.2. The van der Waals surface area contributed by atoms with Gasteiger partial charge in [-0.2, -0.15) is 5.10 Å². The molecule has 0 radical (unpaired) electrons. The fourth-order valence-electron chi connectivity index (χ4n) is 9.61. The van der Waals surface area contributed by atoms with Crippen LogP contribution in [-0.4, -0.2) is 45.6 Å². The van der Waals surface area contributed by atoms with E-state index in [0.29, 0.717) is 32.3 Å². The van der Waals surface area contributed by atoms with E-state index in [-0.39, 0.29) is 36.2 Å². The highest BCUT2D eigenvalue weighted by atomic mass is 127. The van der Waals surface area contributed by atoms with Crippen molar-refractivity contribution in [2.75, 3.05) is 16.9 Å². The fraction of sp³-hybridized carbons (Fsp3) is 0.293. The number of amides is 4. The molecule has 4 amide bonds. The number of aryl methyl sites for hydroxylation is 2. The maximum Gasteiger partial charge on any atom is 0.242 e. The van der Waals surface area contributed by atoms with Crippen molar-refractivity contribution in [1.82, 2.24) is 9.78 Å². The second kappa shape index (κ2) is 13.0. The third-order valence-electron chi connectivity index (χ3n) is 12.2.